The van der Waals surface area contributed by atoms with E-state index in [0.29, 0.717) is 6.54 Å². The molecule has 0 atom stereocenters. The van der Waals surface area contributed by atoms with Crippen molar-refractivity contribution in [3.8, 4) is 0 Å². The first kappa shape index (κ1) is 13.6. The molecule has 0 aliphatic carbocycles. The van der Waals surface area contributed by atoms with E-state index >= 15 is 0 Å². The summed E-state index contributed by atoms with van der Waals surface area (Å²) < 4.78 is 24.2. The second kappa shape index (κ2) is 6.30. The van der Waals surface area contributed by atoms with Gasteiger partial charge >= 0.3 is 0 Å². The Morgan fingerprint density at radius 1 is 1.35 bits per heavy atom. The quantitative estimate of drug-likeness (QED) is 0.848. The molecule has 1 rings (SSSR count). The SMILES string of the molecule is CN(CC(F)F)C(=O)Cc1ccccc1CN. The topological polar surface area (TPSA) is 46.3 Å². The summed E-state index contributed by atoms with van der Waals surface area (Å²) >= 11 is 0. The van der Waals surface area contributed by atoms with Crippen molar-refractivity contribution < 1.29 is 13.6 Å². The fraction of sp³-hybridized carbons (Fsp3) is 0.417. The van der Waals surface area contributed by atoms with Crippen LogP contribution in [-0.2, 0) is 17.8 Å². The third-order valence-electron chi connectivity index (χ3n) is 2.52. The van der Waals surface area contributed by atoms with Crippen LogP contribution in [0.5, 0.6) is 0 Å². The number of benzene rings is 1. The summed E-state index contributed by atoms with van der Waals surface area (Å²) in [6.07, 6.45) is -2.40. The molecular weight excluding hydrogens is 226 g/mol. The van der Waals surface area contributed by atoms with Gasteiger partial charge in [-0.3, -0.25) is 4.79 Å². The fourth-order valence-electron chi connectivity index (χ4n) is 1.54. The summed E-state index contributed by atoms with van der Waals surface area (Å²) in [5.41, 5.74) is 7.20. The van der Waals surface area contributed by atoms with E-state index in [0.717, 1.165) is 16.0 Å². The molecule has 94 valence electrons. The number of amides is 1. The molecule has 0 saturated heterocycles. The van der Waals surface area contributed by atoms with Crippen LogP contribution in [0.4, 0.5) is 8.78 Å². The van der Waals surface area contributed by atoms with E-state index in [-0.39, 0.29) is 12.3 Å². The van der Waals surface area contributed by atoms with Gasteiger partial charge in [0.25, 0.3) is 6.43 Å². The van der Waals surface area contributed by atoms with Crippen LogP contribution in [0.3, 0.4) is 0 Å². The molecule has 1 aromatic rings. The number of likely N-dealkylation sites (N-methyl/N-ethyl adjacent to an activating group) is 1. The molecule has 0 saturated carbocycles. The zero-order valence-electron chi connectivity index (χ0n) is 9.70. The average molecular weight is 242 g/mol. The summed E-state index contributed by atoms with van der Waals surface area (Å²) in [5, 5.41) is 0. The molecule has 0 aromatic heterocycles. The van der Waals surface area contributed by atoms with Gasteiger partial charge in [-0.25, -0.2) is 8.78 Å². The van der Waals surface area contributed by atoms with Gasteiger partial charge in [0.05, 0.1) is 13.0 Å². The summed E-state index contributed by atoms with van der Waals surface area (Å²) in [6, 6.07) is 7.25. The van der Waals surface area contributed by atoms with Gasteiger partial charge in [0.1, 0.15) is 0 Å². The molecule has 0 heterocycles. The Bertz CT molecular complexity index is 383. The normalized spacial score (nSPS) is 10.6. The van der Waals surface area contributed by atoms with Crippen LogP contribution < -0.4 is 5.73 Å². The zero-order valence-corrected chi connectivity index (χ0v) is 9.70. The van der Waals surface area contributed by atoms with Crippen molar-refractivity contribution >= 4 is 5.91 Å². The van der Waals surface area contributed by atoms with Crippen LogP contribution >= 0.6 is 0 Å². The third kappa shape index (κ3) is 4.11. The van der Waals surface area contributed by atoms with Gasteiger partial charge in [-0.15, -0.1) is 0 Å². The molecule has 0 bridgehead atoms. The van der Waals surface area contributed by atoms with Gasteiger partial charge in [-0.05, 0) is 11.1 Å². The van der Waals surface area contributed by atoms with Gasteiger partial charge in [0, 0.05) is 13.6 Å². The number of hydrogen-bond acceptors (Lipinski definition) is 2. The van der Waals surface area contributed by atoms with Crippen molar-refractivity contribution in [2.24, 2.45) is 5.73 Å². The Morgan fingerprint density at radius 2 is 1.94 bits per heavy atom. The summed E-state index contributed by atoms with van der Waals surface area (Å²) in [7, 11) is 1.37. The highest BCUT2D eigenvalue weighted by atomic mass is 19.3. The second-order valence-corrected chi connectivity index (χ2v) is 3.81. The molecule has 3 nitrogen and oxygen atoms in total. The van der Waals surface area contributed by atoms with Crippen molar-refractivity contribution in [3.05, 3.63) is 35.4 Å². The number of carbonyl (C=O) groups excluding carboxylic acids is 1. The van der Waals surface area contributed by atoms with Gasteiger partial charge < -0.3 is 10.6 Å². The molecule has 0 aliphatic rings. The number of rotatable bonds is 5. The van der Waals surface area contributed by atoms with E-state index in [1.165, 1.54) is 7.05 Å². The maximum Gasteiger partial charge on any atom is 0.255 e. The summed E-state index contributed by atoms with van der Waals surface area (Å²) in [4.78, 5) is 12.7. The number of nitrogens with zero attached hydrogens (tertiary/aromatic N) is 1. The van der Waals surface area contributed by atoms with Gasteiger partial charge in [0.15, 0.2) is 0 Å². The molecule has 0 unspecified atom stereocenters. The number of carbonyl (C=O) groups is 1. The monoisotopic (exact) mass is 242 g/mol. The van der Waals surface area contributed by atoms with E-state index in [2.05, 4.69) is 0 Å². The van der Waals surface area contributed by atoms with Gasteiger partial charge in [-0.1, -0.05) is 24.3 Å². The van der Waals surface area contributed by atoms with Crippen molar-refractivity contribution in [2.75, 3.05) is 13.6 Å². The predicted octanol–water partition coefficient (Wildman–Crippen LogP) is 1.41. The number of alkyl halides is 2. The highest BCUT2D eigenvalue weighted by molar-refractivity contribution is 5.78. The molecule has 0 spiro atoms. The first-order valence-corrected chi connectivity index (χ1v) is 5.33. The van der Waals surface area contributed by atoms with Crippen molar-refractivity contribution in [3.63, 3.8) is 0 Å². The molecule has 0 fully saturated rings. The summed E-state index contributed by atoms with van der Waals surface area (Å²) in [6.45, 7) is -0.203. The van der Waals surface area contributed by atoms with E-state index in [4.69, 9.17) is 5.73 Å². The third-order valence-corrected chi connectivity index (χ3v) is 2.52. The molecule has 17 heavy (non-hydrogen) atoms. The maximum absolute atomic E-state index is 12.1. The van der Waals surface area contributed by atoms with E-state index in [1.54, 1.807) is 12.1 Å². The Kier molecular flexibility index (Phi) is 5.03. The van der Waals surface area contributed by atoms with E-state index in [1.807, 2.05) is 12.1 Å². The maximum atomic E-state index is 12.1. The van der Waals surface area contributed by atoms with Gasteiger partial charge in [0.2, 0.25) is 5.91 Å². The average Bonchev–Trinajstić information content (AvgIpc) is 2.28. The van der Waals surface area contributed by atoms with Crippen LogP contribution in [-0.4, -0.2) is 30.8 Å². The van der Waals surface area contributed by atoms with Crippen molar-refractivity contribution in [2.45, 2.75) is 19.4 Å². The van der Waals surface area contributed by atoms with E-state index in [9.17, 15) is 13.6 Å². The van der Waals surface area contributed by atoms with Crippen LogP contribution in [0.2, 0.25) is 0 Å². The predicted molar refractivity (Wildman–Crippen MR) is 61.7 cm³/mol. The summed E-state index contributed by atoms with van der Waals surface area (Å²) in [5.74, 6) is -0.328. The largest absolute Gasteiger partial charge is 0.340 e. The molecule has 5 heteroatoms. The minimum absolute atomic E-state index is 0.108. The Hall–Kier alpha value is -1.49. The fourth-order valence-corrected chi connectivity index (χ4v) is 1.54. The molecule has 1 aromatic carbocycles. The smallest absolute Gasteiger partial charge is 0.255 e. The Balaban J connectivity index is 2.67. The lowest BCUT2D eigenvalue weighted by Crippen LogP contribution is -2.32. The van der Waals surface area contributed by atoms with Crippen LogP contribution in [0.25, 0.3) is 0 Å². The molecule has 0 radical (unpaired) electrons. The van der Waals surface area contributed by atoms with Gasteiger partial charge in [-0.2, -0.15) is 0 Å². The lowest BCUT2D eigenvalue weighted by molar-refractivity contribution is -0.130. The molecule has 0 aliphatic heterocycles. The molecular formula is C12H16F2N2O. The standard InChI is InChI=1S/C12H16F2N2O/c1-16(8-11(13)14)12(17)6-9-4-2-3-5-10(9)7-15/h2-5,11H,6-8,15H2,1H3. The van der Waals surface area contributed by atoms with Crippen molar-refractivity contribution in [1.29, 1.82) is 0 Å². The Labute approximate surface area is 99.2 Å². The van der Waals surface area contributed by atoms with Crippen molar-refractivity contribution in [1.82, 2.24) is 4.90 Å². The van der Waals surface area contributed by atoms with Crippen LogP contribution in [0.1, 0.15) is 11.1 Å². The first-order chi connectivity index (χ1) is 8.04. The highest BCUT2D eigenvalue weighted by Gasteiger charge is 2.15. The minimum Gasteiger partial charge on any atom is -0.340 e. The van der Waals surface area contributed by atoms with Crippen LogP contribution in [0.15, 0.2) is 24.3 Å². The Morgan fingerprint density at radius 3 is 2.47 bits per heavy atom. The molecule has 2 N–H and O–H groups in total. The van der Waals surface area contributed by atoms with Crippen LogP contribution in [0, 0.1) is 0 Å². The lowest BCUT2D eigenvalue weighted by Gasteiger charge is -2.17. The first-order valence-electron chi connectivity index (χ1n) is 5.33. The number of halogens is 2. The number of hydrogen-bond donors (Lipinski definition) is 1. The lowest BCUT2D eigenvalue weighted by atomic mass is 10.0. The molecule has 1 amide bonds. The highest BCUT2D eigenvalue weighted by Crippen LogP contribution is 2.10. The second-order valence-electron chi connectivity index (χ2n) is 3.81. The van der Waals surface area contributed by atoms with E-state index < -0.39 is 13.0 Å². The minimum atomic E-state index is -2.51. The number of nitrogens with two attached hydrogens (primary N) is 1. The zero-order chi connectivity index (χ0) is 12.8.